The molecule has 1 aromatic heterocycles. The molecule has 13 nitrogen and oxygen atoms in total. The van der Waals surface area contributed by atoms with E-state index >= 15 is 0 Å². The number of hydrogen-bond acceptors (Lipinski definition) is 11. The van der Waals surface area contributed by atoms with Crippen LogP contribution in [0.5, 0.6) is 0 Å². The number of piperidine rings is 1. The molecule has 4 atom stereocenters. The molecule has 0 bridgehead atoms. The fourth-order valence-corrected chi connectivity index (χ4v) is 8.77. The van der Waals surface area contributed by atoms with Gasteiger partial charge in [0, 0.05) is 80.0 Å². The highest BCUT2D eigenvalue weighted by Gasteiger charge is 2.53. The number of nitrogens with zero attached hydrogens (tertiary/aromatic N) is 3. The van der Waals surface area contributed by atoms with Gasteiger partial charge in [-0.15, -0.1) is 0 Å². The van der Waals surface area contributed by atoms with E-state index in [0.29, 0.717) is 81.7 Å². The molecule has 3 saturated heterocycles. The molecule has 1 unspecified atom stereocenters. The zero-order valence-electron chi connectivity index (χ0n) is 27.7. The summed E-state index contributed by atoms with van der Waals surface area (Å²) in [5, 5.41) is 12.3. The maximum Gasteiger partial charge on any atom is 0.315 e. The normalized spacial score (nSPS) is 24.1. The van der Waals surface area contributed by atoms with E-state index in [4.69, 9.17) is 4.74 Å². The third kappa shape index (κ3) is 8.58. The highest BCUT2D eigenvalue weighted by atomic mass is 32.2. The van der Waals surface area contributed by atoms with E-state index in [1.807, 2.05) is 47.0 Å². The number of anilines is 2. The standard InChI is InChI=1S/C35H45N7O6S/c43-25(9-4-5-11-28-29-26(22-49-28)40-34(47)41-29)10-6-17-48-18-14-36-32(46)23-20-37-33(38-21-23)42-15-12-35(13-16-42)19-27(44)30(31(35)45)39-24-7-2-1-3-8-24/h1-3,7-8,20-21,26,28-30,39H,4-6,9-19,22H2,(H,36,46)(H2,40,41,47)/t26-,28-,29-,30?/m0/s1. The van der Waals surface area contributed by atoms with Crippen molar-refractivity contribution in [3.05, 3.63) is 48.3 Å². The van der Waals surface area contributed by atoms with Crippen molar-refractivity contribution in [1.82, 2.24) is 25.9 Å². The first-order valence-corrected chi connectivity index (χ1v) is 18.4. The Labute approximate surface area is 290 Å². The van der Waals surface area contributed by atoms with E-state index in [2.05, 4.69) is 31.2 Å². The van der Waals surface area contributed by atoms with E-state index in [1.54, 1.807) is 0 Å². The number of thioether (sulfide) groups is 1. The summed E-state index contributed by atoms with van der Waals surface area (Å²) >= 11 is 1.90. The van der Waals surface area contributed by atoms with Crippen LogP contribution in [-0.4, -0.2) is 101 Å². The number of fused-ring (bicyclic) bond motifs is 1. The summed E-state index contributed by atoms with van der Waals surface area (Å²) in [6, 6.07) is 8.89. The Morgan fingerprint density at radius 1 is 0.980 bits per heavy atom. The SMILES string of the molecule is O=C(CCCC[C@@H]1SC[C@@H]2NC(=O)N[C@@H]21)CCCOCCNC(=O)c1cnc(N2CCC3(CC2)CC(=O)C(Nc2ccccc2)C3=O)nc1. The number of amides is 3. The van der Waals surface area contributed by atoms with Gasteiger partial charge < -0.3 is 30.9 Å². The quantitative estimate of drug-likeness (QED) is 0.116. The number of rotatable bonds is 16. The van der Waals surface area contributed by atoms with Crippen LogP contribution in [0.15, 0.2) is 42.7 Å². The zero-order valence-corrected chi connectivity index (χ0v) is 28.5. The van der Waals surface area contributed by atoms with E-state index in [9.17, 15) is 24.0 Å². The van der Waals surface area contributed by atoms with Crippen molar-refractivity contribution in [3.63, 3.8) is 0 Å². The maximum atomic E-state index is 13.3. The van der Waals surface area contributed by atoms with Gasteiger partial charge in [0.05, 0.1) is 24.3 Å². The molecule has 4 aliphatic rings. The Balaban J connectivity index is 0.816. The summed E-state index contributed by atoms with van der Waals surface area (Å²) in [6.45, 7) is 2.21. The minimum absolute atomic E-state index is 0.0364. The second-order valence-electron chi connectivity index (χ2n) is 13.4. The van der Waals surface area contributed by atoms with Gasteiger partial charge in [-0.2, -0.15) is 11.8 Å². The first-order valence-electron chi connectivity index (χ1n) is 17.3. The molecule has 49 heavy (non-hydrogen) atoms. The number of hydrogen-bond donors (Lipinski definition) is 4. The van der Waals surface area contributed by atoms with Crippen molar-refractivity contribution in [2.45, 2.75) is 81.2 Å². The summed E-state index contributed by atoms with van der Waals surface area (Å²) in [4.78, 5) is 73.3. The Morgan fingerprint density at radius 3 is 2.51 bits per heavy atom. The van der Waals surface area contributed by atoms with Gasteiger partial charge in [-0.25, -0.2) is 14.8 Å². The number of ketones is 3. The van der Waals surface area contributed by atoms with Crippen molar-refractivity contribution in [1.29, 1.82) is 0 Å². The van der Waals surface area contributed by atoms with Gasteiger partial charge in [0.1, 0.15) is 11.8 Å². The van der Waals surface area contributed by atoms with Crippen LogP contribution in [-0.2, 0) is 19.1 Å². The number of para-hydroxylation sites is 1. The molecule has 262 valence electrons. The van der Waals surface area contributed by atoms with E-state index < -0.39 is 11.5 Å². The molecular weight excluding hydrogens is 646 g/mol. The van der Waals surface area contributed by atoms with Gasteiger partial charge in [-0.05, 0) is 44.2 Å². The number of urea groups is 1. The second-order valence-corrected chi connectivity index (χ2v) is 14.6. The average Bonchev–Trinajstić information content (AvgIpc) is 3.74. The summed E-state index contributed by atoms with van der Waals surface area (Å²) in [5.74, 6) is 1.28. The topological polar surface area (TPSA) is 172 Å². The van der Waals surface area contributed by atoms with Crippen molar-refractivity contribution in [2.75, 3.05) is 48.8 Å². The number of Topliss-reactive ketones (excluding diaryl/α,β-unsaturated/α-hetero) is 3. The van der Waals surface area contributed by atoms with Crippen LogP contribution in [0.2, 0.25) is 0 Å². The molecule has 1 aliphatic carbocycles. The monoisotopic (exact) mass is 691 g/mol. The first kappa shape index (κ1) is 34.8. The summed E-state index contributed by atoms with van der Waals surface area (Å²) in [6.07, 6.45) is 8.87. The third-order valence-corrected chi connectivity index (χ3v) is 11.5. The average molecular weight is 692 g/mol. The molecule has 4 heterocycles. The van der Waals surface area contributed by atoms with Gasteiger partial charge >= 0.3 is 6.03 Å². The second kappa shape index (κ2) is 16.1. The molecule has 3 amide bonds. The molecule has 1 aromatic carbocycles. The fraction of sp³-hybridized carbons (Fsp3) is 0.571. The third-order valence-electron chi connectivity index (χ3n) is 10.0. The molecule has 1 saturated carbocycles. The van der Waals surface area contributed by atoms with Crippen molar-refractivity contribution in [3.8, 4) is 0 Å². The lowest BCUT2D eigenvalue weighted by atomic mass is 9.76. The van der Waals surface area contributed by atoms with Gasteiger partial charge in [-0.1, -0.05) is 24.6 Å². The minimum atomic E-state index is -0.809. The fourth-order valence-electron chi connectivity index (χ4n) is 7.23. The van der Waals surface area contributed by atoms with E-state index in [0.717, 1.165) is 30.7 Å². The smallest absolute Gasteiger partial charge is 0.315 e. The number of nitrogens with one attached hydrogen (secondary N) is 4. The molecule has 6 rings (SSSR count). The summed E-state index contributed by atoms with van der Waals surface area (Å²) in [7, 11) is 0. The lowest BCUT2D eigenvalue weighted by Gasteiger charge is -2.37. The number of ether oxygens (including phenoxy) is 1. The van der Waals surface area contributed by atoms with Gasteiger partial charge in [-0.3, -0.25) is 19.2 Å². The number of carbonyl (C=O) groups is 5. The lowest BCUT2D eigenvalue weighted by molar-refractivity contribution is -0.127. The highest BCUT2D eigenvalue weighted by Crippen LogP contribution is 2.43. The van der Waals surface area contributed by atoms with Crippen molar-refractivity contribution < 1.29 is 28.7 Å². The van der Waals surface area contributed by atoms with Crippen molar-refractivity contribution >= 4 is 52.7 Å². The number of aromatic nitrogens is 2. The van der Waals surface area contributed by atoms with Gasteiger partial charge in [0.2, 0.25) is 5.95 Å². The Hall–Kier alpha value is -4.04. The summed E-state index contributed by atoms with van der Waals surface area (Å²) < 4.78 is 5.60. The predicted molar refractivity (Wildman–Crippen MR) is 186 cm³/mol. The van der Waals surface area contributed by atoms with Crippen LogP contribution in [0.1, 0.15) is 68.1 Å². The minimum Gasteiger partial charge on any atom is -0.380 e. The van der Waals surface area contributed by atoms with E-state index in [1.165, 1.54) is 12.4 Å². The lowest BCUT2D eigenvalue weighted by Crippen LogP contribution is -2.45. The molecule has 2 aromatic rings. The molecule has 0 radical (unpaired) electrons. The van der Waals surface area contributed by atoms with Crippen LogP contribution in [0.25, 0.3) is 0 Å². The zero-order chi connectivity index (χ0) is 34.2. The van der Waals surface area contributed by atoms with Crippen LogP contribution >= 0.6 is 11.8 Å². The summed E-state index contributed by atoms with van der Waals surface area (Å²) in [5.41, 5.74) is 0.435. The Kier molecular flexibility index (Phi) is 11.4. The van der Waals surface area contributed by atoms with Crippen LogP contribution in [0.4, 0.5) is 16.4 Å². The molecule has 14 heteroatoms. The number of benzene rings is 1. The Bertz CT molecular complexity index is 1500. The molecular formula is C35H45N7O6S. The van der Waals surface area contributed by atoms with Crippen molar-refractivity contribution in [2.24, 2.45) is 5.41 Å². The van der Waals surface area contributed by atoms with E-state index in [-0.39, 0.29) is 47.8 Å². The predicted octanol–water partition coefficient (Wildman–Crippen LogP) is 2.91. The van der Waals surface area contributed by atoms with Crippen LogP contribution in [0, 0.1) is 5.41 Å². The van der Waals surface area contributed by atoms with Gasteiger partial charge in [0.15, 0.2) is 11.6 Å². The largest absolute Gasteiger partial charge is 0.380 e. The molecule has 4 fully saturated rings. The van der Waals surface area contributed by atoms with Crippen LogP contribution < -0.4 is 26.2 Å². The number of unbranched alkanes of at least 4 members (excludes halogenated alkanes) is 1. The van der Waals surface area contributed by atoms with Gasteiger partial charge in [0.25, 0.3) is 5.91 Å². The first-order chi connectivity index (χ1) is 23.8. The number of carbonyl (C=O) groups excluding carboxylic acids is 5. The molecule has 1 spiro atoms. The highest BCUT2D eigenvalue weighted by molar-refractivity contribution is 8.00. The maximum absolute atomic E-state index is 13.3. The molecule has 4 N–H and O–H groups in total. The molecule has 3 aliphatic heterocycles. The Morgan fingerprint density at radius 2 is 1.73 bits per heavy atom. The van der Waals surface area contributed by atoms with Crippen LogP contribution in [0.3, 0.4) is 0 Å².